The molecule has 0 aliphatic carbocycles. The highest BCUT2D eigenvalue weighted by Crippen LogP contribution is 2.16. The molecule has 1 atom stereocenters. The van der Waals surface area contributed by atoms with Crippen LogP contribution < -0.4 is 5.30 Å². The van der Waals surface area contributed by atoms with E-state index in [1.54, 1.807) is 6.07 Å². The first-order valence-electron chi connectivity index (χ1n) is 5.79. The summed E-state index contributed by atoms with van der Waals surface area (Å²) >= 11 is 0. The third kappa shape index (κ3) is 3.64. The first-order valence-corrected chi connectivity index (χ1v) is 7.00. The van der Waals surface area contributed by atoms with Gasteiger partial charge in [-0.05, 0) is 42.0 Å². The van der Waals surface area contributed by atoms with Crippen molar-refractivity contribution in [3.05, 3.63) is 65.5 Å². The van der Waals surface area contributed by atoms with Crippen LogP contribution in [0.4, 0.5) is 4.39 Å². The Balaban J connectivity index is 1.90. The molecule has 0 heterocycles. The number of aryl methyl sites for hydroxylation is 2. The molecule has 0 saturated heterocycles. The van der Waals surface area contributed by atoms with E-state index in [4.69, 9.17) is 0 Å². The molecule has 0 aliphatic heterocycles. The van der Waals surface area contributed by atoms with Crippen molar-refractivity contribution in [2.24, 2.45) is 0 Å². The molecular weight excluding hydrogens is 230 g/mol. The lowest BCUT2D eigenvalue weighted by Crippen LogP contribution is -1.98. The van der Waals surface area contributed by atoms with Gasteiger partial charge >= 0.3 is 0 Å². The molecule has 0 N–H and O–H groups in total. The number of benzene rings is 2. The van der Waals surface area contributed by atoms with E-state index in [1.807, 2.05) is 25.1 Å². The van der Waals surface area contributed by atoms with Crippen LogP contribution in [0.25, 0.3) is 0 Å². The topological polar surface area (TPSA) is 0 Å². The van der Waals surface area contributed by atoms with E-state index in [-0.39, 0.29) is 5.82 Å². The predicted octanol–water partition coefficient (Wildman–Crippen LogP) is 3.68. The first-order chi connectivity index (χ1) is 8.25. The molecule has 2 heteroatoms. The van der Waals surface area contributed by atoms with Crippen LogP contribution in [0, 0.1) is 12.7 Å². The SMILES string of the molecule is Cc1ccc(CCPc2ccccc2)c(F)c1. The van der Waals surface area contributed by atoms with E-state index < -0.39 is 0 Å². The summed E-state index contributed by atoms with van der Waals surface area (Å²) in [4.78, 5) is 0. The van der Waals surface area contributed by atoms with Crippen molar-refractivity contribution in [3.8, 4) is 0 Å². The fourth-order valence-corrected chi connectivity index (χ4v) is 2.86. The Morgan fingerprint density at radius 2 is 1.82 bits per heavy atom. The van der Waals surface area contributed by atoms with Gasteiger partial charge in [0, 0.05) is 0 Å². The van der Waals surface area contributed by atoms with Gasteiger partial charge in [0.25, 0.3) is 0 Å². The van der Waals surface area contributed by atoms with E-state index >= 15 is 0 Å². The summed E-state index contributed by atoms with van der Waals surface area (Å²) in [5.41, 5.74) is 1.82. The van der Waals surface area contributed by atoms with Gasteiger partial charge in [-0.2, -0.15) is 0 Å². The van der Waals surface area contributed by atoms with Gasteiger partial charge in [0.15, 0.2) is 0 Å². The highest BCUT2D eigenvalue weighted by Gasteiger charge is 2.02. The Morgan fingerprint density at radius 3 is 2.53 bits per heavy atom. The molecule has 2 aromatic rings. The zero-order valence-corrected chi connectivity index (χ0v) is 10.9. The molecule has 2 rings (SSSR count). The van der Waals surface area contributed by atoms with Gasteiger partial charge in [-0.3, -0.25) is 0 Å². The Bertz CT molecular complexity index is 480. The van der Waals surface area contributed by atoms with E-state index in [0.717, 1.165) is 32.3 Å². The molecule has 0 saturated carbocycles. The molecule has 88 valence electrons. The molecule has 0 aliphatic rings. The average Bonchev–Trinajstić information content (AvgIpc) is 2.33. The normalized spacial score (nSPS) is 11.2. The maximum Gasteiger partial charge on any atom is 0.126 e. The second-order valence-corrected chi connectivity index (χ2v) is 5.57. The molecule has 0 amide bonds. The minimum absolute atomic E-state index is 0.0668. The van der Waals surface area contributed by atoms with Gasteiger partial charge in [-0.25, -0.2) is 4.39 Å². The van der Waals surface area contributed by atoms with Gasteiger partial charge in [0.1, 0.15) is 5.82 Å². The van der Waals surface area contributed by atoms with Gasteiger partial charge < -0.3 is 0 Å². The summed E-state index contributed by atoms with van der Waals surface area (Å²) in [6.07, 6.45) is 1.84. The van der Waals surface area contributed by atoms with Gasteiger partial charge in [0.05, 0.1) is 0 Å². The maximum absolute atomic E-state index is 13.6. The molecule has 17 heavy (non-hydrogen) atoms. The Hall–Kier alpha value is -1.20. The van der Waals surface area contributed by atoms with E-state index in [1.165, 1.54) is 5.30 Å². The summed E-state index contributed by atoms with van der Waals surface area (Å²) in [5, 5.41) is 1.35. The number of halogens is 1. The van der Waals surface area contributed by atoms with Crippen molar-refractivity contribution in [2.45, 2.75) is 13.3 Å². The van der Waals surface area contributed by atoms with Crippen molar-refractivity contribution in [3.63, 3.8) is 0 Å². The monoisotopic (exact) mass is 246 g/mol. The number of hydrogen-bond donors (Lipinski definition) is 0. The van der Waals surface area contributed by atoms with E-state index in [9.17, 15) is 4.39 Å². The fourth-order valence-electron chi connectivity index (χ4n) is 1.75. The second kappa shape index (κ2) is 5.93. The molecule has 0 radical (unpaired) electrons. The van der Waals surface area contributed by atoms with Gasteiger partial charge in [-0.15, -0.1) is 0 Å². The van der Waals surface area contributed by atoms with Crippen molar-refractivity contribution in [1.82, 2.24) is 0 Å². The van der Waals surface area contributed by atoms with Crippen molar-refractivity contribution < 1.29 is 4.39 Å². The molecule has 0 nitrogen and oxygen atoms in total. The van der Waals surface area contributed by atoms with Crippen LogP contribution in [-0.4, -0.2) is 6.16 Å². The molecular formula is C15H16FP. The van der Waals surface area contributed by atoms with Crippen LogP contribution in [0.2, 0.25) is 0 Å². The van der Waals surface area contributed by atoms with Gasteiger partial charge in [-0.1, -0.05) is 51.0 Å². The lowest BCUT2D eigenvalue weighted by Gasteiger charge is -2.04. The standard InChI is InChI=1S/C15H16FP/c1-12-7-8-13(15(16)11-12)9-10-17-14-5-3-2-4-6-14/h2-8,11,17H,9-10H2,1H3. The van der Waals surface area contributed by atoms with Crippen molar-refractivity contribution in [1.29, 1.82) is 0 Å². The average molecular weight is 246 g/mol. The lowest BCUT2D eigenvalue weighted by molar-refractivity contribution is 0.611. The second-order valence-electron chi connectivity index (χ2n) is 4.14. The summed E-state index contributed by atoms with van der Waals surface area (Å²) in [5.74, 6) is -0.0668. The van der Waals surface area contributed by atoms with E-state index in [2.05, 4.69) is 24.3 Å². The van der Waals surface area contributed by atoms with Crippen LogP contribution in [-0.2, 0) is 6.42 Å². The highest BCUT2D eigenvalue weighted by atomic mass is 31.1. The quantitative estimate of drug-likeness (QED) is 0.722. The minimum Gasteiger partial charge on any atom is -0.207 e. The van der Waals surface area contributed by atoms with Crippen LogP contribution in [0.15, 0.2) is 48.5 Å². The third-order valence-electron chi connectivity index (χ3n) is 2.71. The Morgan fingerprint density at radius 1 is 1.06 bits per heavy atom. The lowest BCUT2D eigenvalue weighted by atomic mass is 10.1. The first kappa shape index (κ1) is 12.3. The van der Waals surface area contributed by atoms with Crippen LogP contribution in [0.5, 0.6) is 0 Å². The molecule has 2 aromatic carbocycles. The van der Waals surface area contributed by atoms with Crippen LogP contribution in [0.3, 0.4) is 0 Å². The van der Waals surface area contributed by atoms with Crippen LogP contribution >= 0.6 is 8.58 Å². The largest absolute Gasteiger partial charge is 0.207 e. The van der Waals surface area contributed by atoms with Gasteiger partial charge in [0.2, 0.25) is 0 Å². The molecule has 1 unspecified atom stereocenters. The summed E-state index contributed by atoms with van der Waals surface area (Å²) in [6, 6.07) is 15.9. The summed E-state index contributed by atoms with van der Waals surface area (Å²) in [7, 11) is 0.757. The number of rotatable bonds is 4. The predicted molar refractivity (Wildman–Crippen MR) is 74.1 cm³/mol. The summed E-state index contributed by atoms with van der Waals surface area (Å²) < 4.78 is 13.6. The summed E-state index contributed by atoms with van der Waals surface area (Å²) in [6.45, 7) is 1.92. The Kier molecular flexibility index (Phi) is 4.28. The van der Waals surface area contributed by atoms with Crippen LogP contribution in [0.1, 0.15) is 11.1 Å². The maximum atomic E-state index is 13.6. The van der Waals surface area contributed by atoms with E-state index in [0.29, 0.717) is 0 Å². The zero-order chi connectivity index (χ0) is 12.1. The molecule has 0 fully saturated rings. The Labute approximate surface area is 104 Å². The molecule has 0 aromatic heterocycles. The molecule has 0 bridgehead atoms. The molecule has 0 spiro atoms. The highest BCUT2D eigenvalue weighted by molar-refractivity contribution is 7.47. The fraction of sp³-hybridized carbons (Fsp3) is 0.200. The van der Waals surface area contributed by atoms with Crippen molar-refractivity contribution >= 4 is 13.9 Å². The van der Waals surface area contributed by atoms with Crippen molar-refractivity contribution in [2.75, 3.05) is 6.16 Å². The third-order valence-corrected chi connectivity index (χ3v) is 3.95. The number of hydrogen-bond acceptors (Lipinski definition) is 0. The smallest absolute Gasteiger partial charge is 0.126 e. The minimum atomic E-state index is -0.0668. The zero-order valence-electron chi connectivity index (χ0n) is 9.91.